The van der Waals surface area contributed by atoms with Gasteiger partial charge in [0.05, 0.1) is 0 Å². The summed E-state index contributed by atoms with van der Waals surface area (Å²) in [5.74, 6) is -0.975. The topological polar surface area (TPSA) is 89.5 Å². The van der Waals surface area contributed by atoms with E-state index in [9.17, 15) is 19.2 Å². The fraction of sp³-hybridized carbons (Fsp3) is 0.333. The average molecular weight is 405 g/mol. The predicted octanol–water partition coefficient (Wildman–Crippen LogP) is 3.91. The molecule has 1 fully saturated rings. The number of benzene rings is 2. The number of anilines is 1. The Morgan fingerprint density at radius 1 is 0.967 bits per heavy atom. The zero-order valence-corrected chi connectivity index (χ0v) is 16.8. The highest BCUT2D eigenvalue weighted by molar-refractivity contribution is 6.28. The van der Waals surface area contributed by atoms with Crippen molar-refractivity contribution in [3.05, 3.63) is 64.7 Å². The van der Waals surface area contributed by atoms with E-state index in [-0.39, 0.29) is 23.1 Å². The lowest BCUT2D eigenvalue weighted by Crippen LogP contribution is -2.30. The summed E-state index contributed by atoms with van der Waals surface area (Å²) in [5, 5.41) is 2.67. The molecule has 4 rings (SSSR count). The van der Waals surface area contributed by atoms with Crippen molar-refractivity contribution in [2.24, 2.45) is 5.92 Å². The van der Waals surface area contributed by atoms with Crippen LogP contribution in [-0.4, -0.2) is 29.5 Å². The van der Waals surface area contributed by atoms with E-state index in [1.165, 1.54) is 19.1 Å². The molecule has 0 bridgehead atoms. The second kappa shape index (κ2) is 8.22. The fourth-order valence-corrected chi connectivity index (χ4v) is 4.17. The van der Waals surface area contributed by atoms with E-state index < -0.39 is 12.0 Å². The molecule has 0 aliphatic heterocycles. The molecule has 6 nitrogen and oxygen atoms in total. The minimum Gasteiger partial charge on any atom is -0.453 e. The van der Waals surface area contributed by atoms with Gasteiger partial charge in [-0.25, -0.2) is 0 Å². The van der Waals surface area contributed by atoms with Gasteiger partial charge in [-0.05, 0) is 43.9 Å². The number of ether oxygens (including phenoxy) is 1. The normalized spacial score (nSPS) is 16.6. The van der Waals surface area contributed by atoms with Crippen molar-refractivity contribution in [2.75, 3.05) is 5.32 Å². The number of nitrogens with one attached hydrogen (secondary N) is 1. The van der Waals surface area contributed by atoms with Crippen molar-refractivity contribution in [1.82, 2.24) is 0 Å². The van der Waals surface area contributed by atoms with Crippen molar-refractivity contribution in [3.8, 4) is 0 Å². The quantitative estimate of drug-likeness (QED) is 0.650. The summed E-state index contributed by atoms with van der Waals surface area (Å²) < 4.78 is 5.27. The van der Waals surface area contributed by atoms with Gasteiger partial charge in [0.15, 0.2) is 17.7 Å². The molecule has 2 aromatic carbocycles. The van der Waals surface area contributed by atoms with E-state index in [1.807, 2.05) is 0 Å². The number of rotatable bonds is 5. The highest BCUT2D eigenvalue weighted by Gasteiger charge is 2.30. The number of carbonyl (C=O) groups is 4. The molecule has 0 saturated heterocycles. The molecule has 0 unspecified atom stereocenters. The maximum absolute atomic E-state index is 12.8. The van der Waals surface area contributed by atoms with Gasteiger partial charge in [-0.15, -0.1) is 0 Å². The Labute approximate surface area is 174 Å². The lowest BCUT2D eigenvalue weighted by atomic mass is 9.84. The lowest BCUT2D eigenvalue weighted by molar-refractivity contribution is -0.154. The third-order valence-electron chi connectivity index (χ3n) is 5.80. The molecular weight excluding hydrogens is 382 g/mol. The summed E-state index contributed by atoms with van der Waals surface area (Å²) in [6.45, 7) is 1.52. The van der Waals surface area contributed by atoms with Crippen LogP contribution >= 0.6 is 0 Å². The molecule has 30 heavy (non-hydrogen) atoms. The highest BCUT2D eigenvalue weighted by Crippen LogP contribution is 2.30. The van der Waals surface area contributed by atoms with Crippen molar-refractivity contribution in [1.29, 1.82) is 0 Å². The second-order valence-electron chi connectivity index (χ2n) is 7.94. The van der Waals surface area contributed by atoms with E-state index >= 15 is 0 Å². The number of ketones is 2. The maximum atomic E-state index is 12.8. The highest BCUT2D eigenvalue weighted by atomic mass is 16.5. The van der Waals surface area contributed by atoms with Crippen LogP contribution in [0.1, 0.15) is 70.9 Å². The Hall–Kier alpha value is -3.28. The van der Waals surface area contributed by atoms with E-state index in [0.29, 0.717) is 34.7 Å². The first-order valence-electron chi connectivity index (χ1n) is 10.3. The largest absolute Gasteiger partial charge is 0.453 e. The minimum absolute atomic E-state index is 0.215. The summed E-state index contributed by atoms with van der Waals surface area (Å²) in [5.41, 5.74) is 1.68. The molecule has 0 radical (unpaired) electrons. The van der Waals surface area contributed by atoms with Crippen LogP contribution in [0, 0.1) is 5.92 Å². The maximum Gasteiger partial charge on any atom is 0.306 e. The number of esters is 1. The zero-order valence-electron chi connectivity index (χ0n) is 16.8. The van der Waals surface area contributed by atoms with Gasteiger partial charge in [0, 0.05) is 34.4 Å². The van der Waals surface area contributed by atoms with Crippen LogP contribution in [0.5, 0.6) is 0 Å². The molecule has 0 spiro atoms. The summed E-state index contributed by atoms with van der Waals surface area (Å²) in [6, 6.07) is 11.3. The van der Waals surface area contributed by atoms with Crippen LogP contribution in [0.2, 0.25) is 0 Å². The SMILES string of the molecule is C[C@H](OC(=O)CC1CCCC1)C(=O)Nc1ccc2c(c1)C(=O)c1ccccc1C2=O. The number of fused-ring (bicyclic) bond motifs is 2. The van der Waals surface area contributed by atoms with E-state index in [1.54, 1.807) is 30.3 Å². The molecule has 2 aromatic rings. The molecule has 0 heterocycles. The fourth-order valence-electron chi connectivity index (χ4n) is 4.17. The van der Waals surface area contributed by atoms with E-state index in [2.05, 4.69) is 5.32 Å². The summed E-state index contributed by atoms with van der Waals surface area (Å²) in [7, 11) is 0. The van der Waals surface area contributed by atoms with Gasteiger partial charge < -0.3 is 10.1 Å². The Morgan fingerprint density at radius 3 is 2.23 bits per heavy atom. The Kier molecular flexibility index (Phi) is 5.48. The zero-order chi connectivity index (χ0) is 21.3. The van der Waals surface area contributed by atoms with Gasteiger partial charge in [-0.2, -0.15) is 0 Å². The van der Waals surface area contributed by atoms with Crippen LogP contribution in [0.15, 0.2) is 42.5 Å². The molecule has 154 valence electrons. The molecule has 2 aliphatic carbocycles. The van der Waals surface area contributed by atoms with E-state index in [0.717, 1.165) is 25.7 Å². The van der Waals surface area contributed by atoms with Crippen molar-refractivity contribution >= 4 is 29.1 Å². The Balaban J connectivity index is 1.44. The Morgan fingerprint density at radius 2 is 1.57 bits per heavy atom. The molecule has 1 amide bonds. The van der Waals surface area contributed by atoms with Crippen molar-refractivity contribution in [3.63, 3.8) is 0 Å². The van der Waals surface area contributed by atoms with Crippen molar-refractivity contribution < 1.29 is 23.9 Å². The Bertz CT molecular complexity index is 1040. The summed E-state index contributed by atoms with van der Waals surface area (Å²) >= 11 is 0. The van der Waals surface area contributed by atoms with Gasteiger partial charge in [-0.1, -0.05) is 37.1 Å². The molecule has 6 heteroatoms. The predicted molar refractivity (Wildman–Crippen MR) is 111 cm³/mol. The van der Waals surface area contributed by atoms with Crippen molar-refractivity contribution in [2.45, 2.75) is 45.1 Å². The number of amides is 1. The van der Waals surface area contributed by atoms with Crippen LogP contribution in [0.4, 0.5) is 5.69 Å². The molecule has 2 aliphatic rings. The summed E-state index contributed by atoms with van der Waals surface area (Å²) in [4.78, 5) is 50.0. The molecule has 0 aromatic heterocycles. The van der Waals surface area contributed by atoms with Gasteiger partial charge in [0.2, 0.25) is 0 Å². The molecule has 1 saturated carbocycles. The smallest absolute Gasteiger partial charge is 0.306 e. The van der Waals surface area contributed by atoms with Gasteiger partial charge >= 0.3 is 5.97 Å². The molecule has 1 N–H and O–H groups in total. The first-order chi connectivity index (χ1) is 14.4. The van der Waals surface area contributed by atoms with Crippen LogP contribution in [-0.2, 0) is 14.3 Å². The number of carbonyl (C=O) groups excluding carboxylic acids is 4. The van der Waals surface area contributed by atoms with E-state index in [4.69, 9.17) is 4.74 Å². The minimum atomic E-state index is -0.951. The van der Waals surface area contributed by atoms with Gasteiger partial charge in [-0.3, -0.25) is 19.2 Å². The number of hydrogen-bond donors (Lipinski definition) is 1. The van der Waals surface area contributed by atoms with Gasteiger partial charge in [0.1, 0.15) is 0 Å². The standard InChI is InChI=1S/C24H23NO5/c1-14(30-21(26)12-15-6-2-3-7-15)24(29)25-16-10-11-19-20(13-16)23(28)18-9-5-4-8-17(18)22(19)27/h4-5,8-11,13-15H,2-3,6-7,12H2,1H3,(H,25,29)/t14-/m0/s1. The van der Waals surface area contributed by atoms with Crippen LogP contribution < -0.4 is 5.32 Å². The van der Waals surface area contributed by atoms with Crippen LogP contribution in [0.25, 0.3) is 0 Å². The monoisotopic (exact) mass is 405 g/mol. The summed E-state index contributed by atoms with van der Waals surface area (Å²) in [6.07, 6.45) is 3.72. The second-order valence-corrected chi connectivity index (χ2v) is 7.94. The third-order valence-corrected chi connectivity index (χ3v) is 5.80. The first-order valence-corrected chi connectivity index (χ1v) is 10.3. The molecule has 1 atom stereocenters. The molecular formula is C24H23NO5. The average Bonchev–Trinajstić information content (AvgIpc) is 3.24. The lowest BCUT2D eigenvalue weighted by Gasteiger charge is -2.19. The first kappa shape index (κ1) is 20.0. The van der Waals surface area contributed by atoms with Gasteiger partial charge in [0.25, 0.3) is 5.91 Å². The van der Waals surface area contributed by atoms with Crippen LogP contribution in [0.3, 0.4) is 0 Å². The third kappa shape index (κ3) is 3.90. The number of hydrogen-bond acceptors (Lipinski definition) is 5.